The van der Waals surface area contributed by atoms with Crippen molar-refractivity contribution in [3.63, 3.8) is 0 Å². The van der Waals surface area contributed by atoms with Gasteiger partial charge in [-0.15, -0.1) is 0 Å². The Morgan fingerprint density at radius 2 is 1.91 bits per heavy atom. The summed E-state index contributed by atoms with van der Waals surface area (Å²) in [6.45, 7) is 4.76. The average molecular weight is 524 g/mol. The molecule has 12 heteroatoms. The molecular weight excluding hydrogens is 501 g/mol. The minimum Gasteiger partial charge on any atom is -0.493 e. The normalized spacial score (nSPS) is 24.5. The van der Waals surface area contributed by atoms with Gasteiger partial charge in [0.05, 0.1) is 19.4 Å². The zero-order valence-corrected chi connectivity index (χ0v) is 20.2. The Labute approximate surface area is 202 Å². The summed E-state index contributed by atoms with van der Waals surface area (Å²) < 4.78 is 86.7. The van der Waals surface area contributed by atoms with E-state index in [1.165, 1.54) is 20.8 Å². The molecule has 1 aliphatic heterocycles. The lowest BCUT2D eigenvalue weighted by molar-refractivity contribution is -0.275. The maximum atomic E-state index is 14.6. The monoisotopic (exact) mass is 523 g/mol. The molecule has 0 amide bonds. The first kappa shape index (κ1) is 26.9. The van der Waals surface area contributed by atoms with Gasteiger partial charge in [0.15, 0.2) is 17.2 Å². The number of hydrogen-bond acceptors (Lipinski definition) is 5. The molecule has 192 valence electrons. The molecule has 1 N–H and O–H groups in total. The van der Waals surface area contributed by atoms with Gasteiger partial charge in [-0.05, 0) is 26.8 Å². The number of carbonyl (C=O) groups excluding carboxylic acids is 1. The molecule has 1 aromatic carbocycles. The second kappa shape index (κ2) is 9.42. The number of nitrogens with one attached hydrogen (secondary N) is 1. The number of alkyl halides is 3. The molecule has 35 heavy (non-hydrogen) atoms. The number of rotatable bonds is 5. The van der Waals surface area contributed by atoms with E-state index < -0.39 is 64.1 Å². The number of pyridine rings is 1. The van der Waals surface area contributed by atoms with Gasteiger partial charge in [0.25, 0.3) is 0 Å². The third-order valence-corrected chi connectivity index (χ3v) is 6.88. The Balaban J connectivity index is 2.38. The lowest BCUT2D eigenvalue weighted by Crippen LogP contribution is -2.46. The Morgan fingerprint density at radius 3 is 2.46 bits per heavy atom. The van der Waals surface area contributed by atoms with Crippen molar-refractivity contribution in [3.8, 4) is 5.75 Å². The lowest BCUT2D eigenvalue weighted by atomic mass is 9.76. The molecule has 4 atom stereocenters. The maximum Gasteiger partial charge on any atom is 0.417 e. The molecule has 2 aromatic rings. The van der Waals surface area contributed by atoms with Crippen molar-refractivity contribution in [3.05, 3.63) is 61.5 Å². The summed E-state index contributed by atoms with van der Waals surface area (Å²) in [4.78, 5) is 28.3. The topological polar surface area (TPSA) is 77.6 Å². The van der Waals surface area contributed by atoms with E-state index in [2.05, 4.69) is 4.98 Å². The molecule has 2 heterocycles. The summed E-state index contributed by atoms with van der Waals surface area (Å²) in [5, 5.41) is -0.358. The summed E-state index contributed by atoms with van der Waals surface area (Å²) >= 11 is 6.02. The summed E-state index contributed by atoms with van der Waals surface area (Å²) in [5.41, 5.74) is -4.81. The predicted molar refractivity (Wildman–Crippen MR) is 116 cm³/mol. The Bertz CT molecular complexity index is 1210. The van der Waals surface area contributed by atoms with Gasteiger partial charge in [0.2, 0.25) is 11.2 Å². The SMILES string of the molecule is CCOC(=O)c1c([C@@H]2O[C@@](C)(C(F)(F)F)[C@@H](C)[C@H]2c2ccc(F)c(F)c2OC)[nH]c(C)c(Cl)c1=O. The van der Waals surface area contributed by atoms with Crippen LogP contribution in [0.25, 0.3) is 0 Å². The average Bonchev–Trinajstić information content (AvgIpc) is 3.05. The van der Waals surface area contributed by atoms with E-state index in [0.29, 0.717) is 0 Å². The number of aromatic amines is 1. The van der Waals surface area contributed by atoms with Crippen LogP contribution in [0.4, 0.5) is 22.0 Å². The van der Waals surface area contributed by atoms with Crippen LogP contribution in [0.2, 0.25) is 5.02 Å². The van der Waals surface area contributed by atoms with Crippen molar-refractivity contribution >= 4 is 17.6 Å². The first-order valence-corrected chi connectivity index (χ1v) is 10.9. The third kappa shape index (κ3) is 4.29. The van der Waals surface area contributed by atoms with Crippen molar-refractivity contribution in [2.75, 3.05) is 13.7 Å². The highest BCUT2D eigenvalue weighted by Crippen LogP contribution is 2.59. The number of ether oxygens (including phenoxy) is 3. The van der Waals surface area contributed by atoms with E-state index in [0.717, 1.165) is 26.2 Å². The van der Waals surface area contributed by atoms with Crippen LogP contribution in [-0.4, -0.2) is 36.4 Å². The largest absolute Gasteiger partial charge is 0.493 e. The second-order valence-corrected chi connectivity index (χ2v) is 8.72. The van der Waals surface area contributed by atoms with Gasteiger partial charge in [0.1, 0.15) is 16.7 Å². The molecule has 0 unspecified atom stereocenters. The van der Waals surface area contributed by atoms with Gasteiger partial charge in [-0.25, -0.2) is 9.18 Å². The highest BCUT2D eigenvalue weighted by molar-refractivity contribution is 6.31. The van der Waals surface area contributed by atoms with E-state index in [1.54, 1.807) is 0 Å². The van der Waals surface area contributed by atoms with Crippen LogP contribution >= 0.6 is 11.6 Å². The van der Waals surface area contributed by atoms with E-state index in [-0.39, 0.29) is 28.6 Å². The number of hydrogen-bond donors (Lipinski definition) is 1. The molecule has 1 fully saturated rings. The van der Waals surface area contributed by atoms with E-state index in [4.69, 9.17) is 25.8 Å². The van der Waals surface area contributed by atoms with Crippen LogP contribution in [0.3, 0.4) is 0 Å². The lowest BCUT2D eigenvalue weighted by Gasteiger charge is -2.32. The van der Waals surface area contributed by atoms with Crippen molar-refractivity contribution in [2.24, 2.45) is 5.92 Å². The number of aryl methyl sites for hydroxylation is 1. The zero-order valence-electron chi connectivity index (χ0n) is 19.4. The number of H-pyrrole nitrogens is 1. The Morgan fingerprint density at radius 1 is 1.29 bits per heavy atom. The van der Waals surface area contributed by atoms with Crippen LogP contribution in [0.5, 0.6) is 5.75 Å². The summed E-state index contributed by atoms with van der Waals surface area (Å²) in [5.74, 6) is -7.15. The fraction of sp³-hybridized carbons (Fsp3) is 0.478. The molecule has 0 radical (unpaired) electrons. The van der Waals surface area contributed by atoms with Crippen molar-refractivity contribution in [2.45, 2.75) is 51.5 Å². The number of aromatic nitrogens is 1. The standard InChI is InChI=1S/C23H23ClF5NO5/c1-6-34-21(32)14-17(30-10(3)15(24)18(14)31)20-13(9(2)22(4,35-20)23(27,28)29)11-7-8-12(25)16(26)19(11)33-5/h7-9,13,20H,6H2,1-5H3,(H,30,31)/t9-,13-,20+,22+/m0/s1. The minimum absolute atomic E-state index is 0.0626. The third-order valence-electron chi connectivity index (χ3n) is 6.42. The first-order chi connectivity index (χ1) is 16.2. The summed E-state index contributed by atoms with van der Waals surface area (Å²) in [6, 6.07) is 1.84. The van der Waals surface area contributed by atoms with Gasteiger partial charge in [-0.2, -0.15) is 17.6 Å². The molecular formula is C23H23ClF5NO5. The van der Waals surface area contributed by atoms with Crippen LogP contribution in [0, 0.1) is 24.5 Å². The second-order valence-electron chi connectivity index (χ2n) is 8.34. The fourth-order valence-corrected chi connectivity index (χ4v) is 4.54. The number of carbonyl (C=O) groups is 1. The van der Waals surface area contributed by atoms with Gasteiger partial charge >= 0.3 is 12.1 Å². The predicted octanol–water partition coefficient (Wildman–Crippen LogP) is 5.61. The minimum atomic E-state index is -4.91. The zero-order chi connectivity index (χ0) is 26.5. The Kier molecular flexibility index (Phi) is 7.25. The van der Waals surface area contributed by atoms with Crippen molar-refractivity contribution in [1.82, 2.24) is 4.98 Å². The molecule has 3 rings (SSSR count). The van der Waals surface area contributed by atoms with Crippen molar-refractivity contribution < 1.29 is 41.0 Å². The van der Waals surface area contributed by atoms with Gasteiger partial charge in [-0.1, -0.05) is 24.6 Å². The molecule has 0 bridgehead atoms. The van der Waals surface area contributed by atoms with Crippen LogP contribution < -0.4 is 10.2 Å². The first-order valence-electron chi connectivity index (χ1n) is 10.6. The molecule has 0 spiro atoms. The molecule has 6 nitrogen and oxygen atoms in total. The highest BCUT2D eigenvalue weighted by Gasteiger charge is 2.65. The molecule has 0 saturated carbocycles. The van der Waals surface area contributed by atoms with Gasteiger partial charge in [0, 0.05) is 23.1 Å². The number of methoxy groups -OCH3 is 1. The van der Waals surface area contributed by atoms with E-state index in [1.807, 2.05) is 0 Å². The molecule has 1 aromatic heterocycles. The maximum absolute atomic E-state index is 14.6. The molecule has 1 aliphatic rings. The van der Waals surface area contributed by atoms with Gasteiger partial charge < -0.3 is 19.2 Å². The number of benzene rings is 1. The summed E-state index contributed by atoms with van der Waals surface area (Å²) in [6.07, 6.45) is -6.55. The smallest absolute Gasteiger partial charge is 0.417 e. The van der Waals surface area contributed by atoms with E-state index >= 15 is 0 Å². The van der Waals surface area contributed by atoms with Crippen LogP contribution in [0.15, 0.2) is 16.9 Å². The molecule has 0 aliphatic carbocycles. The number of esters is 1. The molecule has 1 saturated heterocycles. The fourth-order valence-electron chi connectivity index (χ4n) is 4.40. The highest BCUT2D eigenvalue weighted by atomic mass is 35.5. The van der Waals surface area contributed by atoms with Crippen molar-refractivity contribution in [1.29, 1.82) is 0 Å². The number of halogens is 6. The summed E-state index contributed by atoms with van der Waals surface area (Å²) in [7, 11) is 1.04. The Hall–Kier alpha value is -2.66. The quantitative estimate of drug-likeness (QED) is 0.407. The van der Waals surface area contributed by atoms with Crippen LogP contribution in [-0.2, 0) is 9.47 Å². The van der Waals surface area contributed by atoms with Crippen LogP contribution in [0.1, 0.15) is 60.1 Å². The van der Waals surface area contributed by atoms with E-state index in [9.17, 15) is 31.5 Å². The van der Waals surface area contributed by atoms with Gasteiger partial charge in [-0.3, -0.25) is 4.79 Å².